The Hall–Kier alpha value is -2.55. The van der Waals surface area contributed by atoms with Gasteiger partial charge < -0.3 is 10.1 Å². The minimum absolute atomic E-state index is 0.0475. The lowest BCUT2D eigenvalue weighted by Gasteiger charge is -2.15. The number of amides is 1. The van der Waals surface area contributed by atoms with E-state index in [1.807, 2.05) is 56.3 Å². The van der Waals surface area contributed by atoms with E-state index in [9.17, 15) is 4.79 Å². The van der Waals surface area contributed by atoms with Crippen molar-refractivity contribution in [2.45, 2.75) is 19.9 Å². The van der Waals surface area contributed by atoms with Crippen molar-refractivity contribution in [3.8, 4) is 5.75 Å². The van der Waals surface area contributed by atoms with E-state index in [1.54, 1.807) is 12.1 Å². The summed E-state index contributed by atoms with van der Waals surface area (Å²) in [6, 6.07) is 17.0. The average molecular weight is 295 g/mol. The normalized spacial score (nSPS) is 11.5. The number of carbonyl (C=O) groups is 1. The van der Waals surface area contributed by atoms with Gasteiger partial charge in [-0.05, 0) is 43.2 Å². The van der Waals surface area contributed by atoms with Gasteiger partial charge in [-0.2, -0.15) is 0 Å². The molecule has 0 bridgehead atoms. The summed E-state index contributed by atoms with van der Waals surface area (Å²) in [7, 11) is 0. The maximum absolute atomic E-state index is 12.3. The van der Waals surface area contributed by atoms with E-state index in [0.29, 0.717) is 17.9 Å². The van der Waals surface area contributed by atoms with E-state index in [4.69, 9.17) is 4.74 Å². The van der Waals surface area contributed by atoms with Gasteiger partial charge in [-0.25, -0.2) is 0 Å². The SMILES string of the molecule is C=C(C)COc1cccc(C(=O)N[C@@H](C)c2ccccc2)c1. The number of carbonyl (C=O) groups excluding carboxylic acids is 1. The highest BCUT2D eigenvalue weighted by atomic mass is 16.5. The number of rotatable bonds is 6. The largest absolute Gasteiger partial charge is 0.489 e. The predicted molar refractivity (Wildman–Crippen MR) is 89.1 cm³/mol. The van der Waals surface area contributed by atoms with Crippen molar-refractivity contribution in [1.29, 1.82) is 0 Å². The fourth-order valence-electron chi connectivity index (χ4n) is 2.04. The lowest BCUT2D eigenvalue weighted by Crippen LogP contribution is -2.26. The second kappa shape index (κ2) is 7.46. The molecule has 3 heteroatoms. The number of ether oxygens (including phenoxy) is 1. The summed E-state index contributed by atoms with van der Waals surface area (Å²) < 4.78 is 5.57. The molecule has 114 valence electrons. The number of benzene rings is 2. The first-order valence-corrected chi connectivity index (χ1v) is 7.29. The summed E-state index contributed by atoms with van der Waals surface area (Å²) in [6.45, 7) is 8.11. The molecule has 0 radical (unpaired) electrons. The summed E-state index contributed by atoms with van der Waals surface area (Å²) in [5, 5.41) is 2.99. The molecular weight excluding hydrogens is 274 g/mol. The standard InChI is InChI=1S/C19H21NO2/c1-14(2)13-22-18-11-7-10-17(12-18)19(21)20-15(3)16-8-5-4-6-9-16/h4-12,15H,1,13H2,2-3H3,(H,20,21)/t15-/m0/s1. The Morgan fingerprint density at radius 2 is 1.91 bits per heavy atom. The summed E-state index contributed by atoms with van der Waals surface area (Å²) in [5.74, 6) is 0.556. The third-order valence-corrected chi connectivity index (χ3v) is 3.23. The molecule has 2 aromatic rings. The van der Waals surface area contributed by atoms with Crippen molar-refractivity contribution >= 4 is 5.91 Å². The van der Waals surface area contributed by atoms with Crippen LogP contribution in [0.2, 0.25) is 0 Å². The zero-order valence-electron chi connectivity index (χ0n) is 13.0. The Labute approximate surface area is 131 Å². The lowest BCUT2D eigenvalue weighted by molar-refractivity contribution is 0.0939. The quantitative estimate of drug-likeness (QED) is 0.814. The molecule has 0 saturated heterocycles. The molecule has 3 nitrogen and oxygen atoms in total. The fourth-order valence-corrected chi connectivity index (χ4v) is 2.04. The van der Waals surface area contributed by atoms with Crippen LogP contribution in [0, 0.1) is 0 Å². The summed E-state index contributed by atoms with van der Waals surface area (Å²) in [5.41, 5.74) is 2.60. The van der Waals surface area contributed by atoms with E-state index in [2.05, 4.69) is 11.9 Å². The minimum Gasteiger partial charge on any atom is -0.489 e. The Bertz CT molecular complexity index is 649. The molecule has 0 fully saturated rings. The highest BCUT2D eigenvalue weighted by Crippen LogP contribution is 2.16. The van der Waals surface area contributed by atoms with Crippen LogP contribution in [0.3, 0.4) is 0 Å². The van der Waals surface area contributed by atoms with Gasteiger partial charge in [0.05, 0.1) is 6.04 Å². The van der Waals surface area contributed by atoms with Gasteiger partial charge in [-0.1, -0.05) is 43.0 Å². The minimum atomic E-state index is -0.114. The molecule has 0 heterocycles. The van der Waals surface area contributed by atoms with Crippen LogP contribution in [-0.4, -0.2) is 12.5 Å². The second-order valence-electron chi connectivity index (χ2n) is 5.38. The van der Waals surface area contributed by atoms with Gasteiger partial charge in [0.2, 0.25) is 0 Å². The van der Waals surface area contributed by atoms with Crippen molar-refractivity contribution in [3.05, 3.63) is 77.9 Å². The maximum Gasteiger partial charge on any atom is 0.251 e. The lowest BCUT2D eigenvalue weighted by atomic mass is 10.1. The van der Waals surface area contributed by atoms with E-state index in [-0.39, 0.29) is 11.9 Å². The Balaban J connectivity index is 2.03. The molecule has 0 aliphatic heterocycles. The molecule has 0 unspecified atom stereocenters. The van der Waals surface area contributed by atoms with Crippen LogP contribution in [-0.2, 0) is 0 Å². The maximum atomic E-state index is 12.3. The monoisotopic (exact) mass is 295 g/mol. The van der Waals surface area contributed by atoms with Crippen LogP contribution in [0.25, 0.3) is 0 Å². The van der Waals surface area contributed by atoms with Crippen molar-refractivity contribution in [3.63, 3.8) is 0 Å². The molecule has 1 amide bonds. The van der Waals surface area contributed by atoms with Gasteiger partial charge in [0.1, 0.15) is 12.4 Å². The number of nitrogens with one attached hydrogen (secondary N) is 1. The zero-order chi connectivity index (χ0) is 15.9. The molecule has 0 aliphatic rings. The fraction of sp³-hybridized carbons (Fsp3) is 0.211. The summed E-state index contributed by atoms with van der Waals surface area (Å²) in [6.07, 6.45) is 0. The summed E-state index contributed by atoms with van der Waals surface area (Å²) >= 11 is 0. The van der Waals surface area contributed by atoms with Gasteiger partial charge in [0.25, 0.3) is 5.91 Å². The van der Waals surface area contributed by atoms with Gasteiger partial charge in [-0.3, -0.25) is 4.79 Å². The highest BCUT2D eigenvalue weighted by Gasteiger charge is 2.11. The van der Waals surface area contributed by atoms with Crippen molar-refractivity contribution in [2.75, 3.05) is 6.61 Å². The Kier molecular flexibility index (Phi) is 5.37. The van der Waals surface area contributed by atoms with Crippen LogP contribution >= 0.6 is 0 Å². The van der Waals surface area contributed by atoms with E-state index >= 15 is 0 Å². The highest BCUT2D eigenvalue weighted by molar-refractivity contribution is 5.94. The van der Waals surface area contributed by atoms with E-state index in [1.165, 1.54) is 0 Å². The Morgan fingerprint density at radius 1 is 1.18 bits per heavy atom. The van der Waals surface area contributed by atoms with Gasteiger partial charge in [-0.15, -0.1) is 0 Å². The first kappa shape index (κ1) is 15.8. The molecule has 0 aliphatic carbocycles. The third-order valence-electron chi connectivity index (χ3n) is 3.23. The first-order valence-electron chi connectivity index (χ1n) is 7.29. The predicted octanol–water partition coefficient (Wildman–Crippen LogP) is 4.13. The van der Waals surface area contributed by atoms with Crippen LogP contribution in [0.1, 0.15) is 35.8 Å². The third kappa shape index (κ3) is 4.48. The smallest absolute Gasteiger partial charge is 0.251 e. The molecule has 1 N–H and O–H groups in total. The molecule has 0 saturated carbocycles. The molecule has 2 aromatic carbocycles. The average Bonchev–Trinajstić information content (AvgIpc) is 2.54. The van der Waals surface area contributed by atoms with Gasteiger partial charge in [0, 0.05) is 5.56 Å². The number of hydrogen-bond donors (Lipinski definition) is 1. The summed E-state index contributed by atoms with van der Waals surface area (Å²) in [4.78, 5) is 12.3. The van der Waals surface area contributed by atoms with Crippen LogP contribution in [0.4, 0.5) is 0 Å². The van der Waals surface area contributed by atoms with Gasteiger partial charge in [0.15, 0.2) is 0 Å². The van der Waals surface area contributed by atoms with Crippen molar-refractivity contribution < 1.29 is 9.53 Å². The van der Waals surface area contributed by atoms with Crippen LogP contribution in [0.15, 0.2) is 66.7 Å². The molecular formula is C19H21NO2. The molecule has 1 atom stereocenters. The molecule has 0 aromatic heterocycles. The Morgan fingerprint density at radius 3 is 2.59 bits per heavy atom. The number of hydrogen-bond acceptors (Lipinski definition) is 2. The topological polar surface area (TPSA) is 38.3 Å². The zero-order valence-corrected chi connectivity index (χ0v) is 13.0. The molecule has 2 rings (SSSR count). The molecule has 0 spiro atoms. The first-order chi connectivity index (χ1) is 10.6. The van der Waals surface area contributed by atoms with Crippen LogP contribution < -0.4 is 10.1 Å². The van der Waals surface area contributed by atoms with E-state index in [0.717, 1.165) is 11.1 Å². The van der Waals surface area contributed by atoms with Gasteiger partial charge >= 0.3 is 0 Å². The van der Waals surface area contributed by atoms with E-state index < -0.39 is 0 Å². The van der Waals surface area contributed by atoms with Crippen molar-refractivity contribution in [2.24, 2.45) is 0 Å². The second-order valence-corrected chi connectivity index (χ2v) is 5.38. The van der Waals surface area contributed by atoms with Crippen molar-refractivity contribution in [1.82, 2.24) is 5.32 Å². The van der Waals surface area contributed by atoms with Crippen LogP contribution in [0.5, 0.6) is 5.75 Å². The molecule has 22 heavy (non-hydrogen) atoms.